The predicted octanol–water partition coefficient (Wildman–Crippen LogP) is 2.69. The number of esters is 1. The Morgan fingerprint density at radius 3 is 2.81 bits per heavy atom. The molecule has 21 heavy (non-hydrogen) atoms. The lowest BCUT2D eigenvalue weighted by Gasteiger charge is -2.06. The lowest BCUT2D eigenvalue weighted by atomic mass is 10.1. The highest BCUT2D eigenvalue weighted by Crippen LogP contribution is 2.30. The van der Waals surface area contributed by atoms with Crippen LogP contribution in [-0.4, -0.2) is 27.9 Å². The summed E-state index contributed by atoms with van der Waals surface area (Å²) in [5.41, 5.74) is 2.36. The molecule has 3 rings (SSSR count). The van der Waals surface area contributed by atoms with E-state index in [1.807, 2.05) is 29.9 Å². The summed E-state index contributed by atoms with van der Waals surface area (Å²) in [5.74, 6) is -0.405. The maximum atomic E-state index is 12.2. The van der Waals surface area contributed by atoms with E-state index in [1.165, 1.54) is 11.3 Å². The second-order valence-electron chi connectivity index (χ2n) is 5.24. The minimum atomic E-state index is -0.253. The van der Waals surface area contributed by atoms with Crippen LogP contribution in [0.2, 0.25) is 0 Å². The summed E-state index contributed by atoms with van der Waals surface area (Å²) in [7, 11) is 0. The fourth-order valence-corrected chi connectivity index (χ4v) is 3.07. The van der Waals surface area contributed by atoms with Crippen LogP contribution in [0.25, 0.3) is 5.13 Å². The zero-order chi connectivity index (χ0) is 15.0. The molecule has 5 nitrogen and oxygen atoms in total. The minimum absolute atomic E-state index is 0.0144. The number of Topliss-reactive ketones (excluding diaryl/α,β-unsaturated/α-hetero) is 1. The van der Waals surface area contributed by atoms with E-state index < -0.39 is 0 Å². The largest absolute Gasteiger partial charge is 0.457 e. The first-order valence-corrected chi connectivity index (χ1v) is 7.74. The number of aromatic nitrogens is 2. The molecular formula is C15H16N2O3S. The molecule has 0 radical (unpaired) electrons. The van der Waals surface area contributed by atoms with Gasteiger partial charge in [0.05, 0.1) is 5.92 Å². The number of ether oxygens (including phenoxy) is 1. The first-order chi connectivity index (χ1) is 10.1. The zero-order valence-electron chi connectivity index (χ0n) is 12.0. The van der Waals surface area contributed by atoms with Crippen molar-refractivity contribution in [3.05, 3.63) is 34.6 Å². The first-order valence-electron chi connectivity index (χ1n) is 6.86. The highest BCUT2D eigenvalue weighted by atomic mass is 32.1. The topological polar surface area (TPSA) is 61.2 Å². The smallest absolute Gasteiger partial charge is 0.309 e. The molecule has 0 aliphatic heterocycles. The first kappa shape index (κ1) is 14.0. The predicted molar refractivity (Wildman–Crippen MR) is 78.9 cm³/mol. The molecule has 1 saturated carbocycles. The van der Waals surface area contributed by atoms with E-state index in [9.17, 15) is 9.59 Å². The van der Waals surface area contributed by atoms with Crippen molar-refractivity contribution in [2.24, 2.45) is 5.92 Å². The maximum absolute atomic E-state index is 12.2. The van der Waals surface area contributed by atoms with Gasteiger partial charge in [0.15, 0.2) is 11.7 Å². The molecule has 0 bridgehead atoms. The van der Waals surface area contributed by atoms with Crippen molar-refractivity contribution in [3.63, 3.8) is 0 Å². The molecule has 0 saturated heterocycles. The van der Waals surface area contributed by atoms with Crippen molar-refractivity contribution >= 4 is 23.1 Å². The number of nitrogens with zero attached hydrogens (tertiary/aromatic N) is 2. The van der Waals surface area contributed by atoms with Gasteiger partial charge in [0.1, 0.15) is 0 Å². The van der Waals surface area contributed by atoms with E-state index in [-0.39, 0.29) is 24.3 Å². The van der Waals surface area contributed by atoms with Crippen molar-refractivity contribution in [2.45, 2.75) is 26.7 Å². The van der Waals surface area contributed by atoms with Crippen molar-refractivity contribution in [3.8, 4) is 5.13 Å². The number of hydrogen-bond acceptors (Lipinski definition) is 5. The number of aryl methyl sites for hydroxylation is 1. The van der Waals surface area contributed by atoms with Crippen LogP contribution in [0.15, 0.2) is 17.6 Å². The van der Waals surface area contributed by atoms with Crippen molar-refractivity contribution in [2.75, 3.05) is 6.61 Å². The second kappa shape index (κ2) is 5.44. The lowest BCUT2D eigenvalue weighted by Crippen LogP contribution is -2.15. The number of carbonyl (C=O) groups is 2. The van der Waals surface area contributed by atoms with Gasteiger partial charge in [0.25, 0.3) is 0 Å². The van der Waals surface area contributed by atoms with Gasteiger partial charge in [0, 0.05) is 28.5 Å². The van der Waals surface area contributed by atoms with Gasteiger partial charge >= 0.3 is 5.97 Å². The standard InChI is InChI=1S/C15H16N2O3S/c1-9-7-12(10(2)17(9)15-16-5-6-21-15)13(18)8-20-14(19)11-3-4-11/h5-7,11H,3-4,8H2,1-2H3. The van der Waals surface area contributed by atoms with Gasteiger partial charge < -0.3 is 4.74 Å². The Morgan fingerprint density at radius 1 is 1.43 bits per heavy atom. The summed E-state index contributed by atoms with van der Waals surface area (Å²) in [4.78, 5) is 28.0. The van der Waals surface area contributed by atoms with Crippen LogP contribution < -0.4 is 0 Å². The summed E-state index contributed by atoms with van der Waals surface area (Å²) < 4.78 is 7.01. The van der Waals surface area contributed by atoms with Gasteiger partial charge in [-0.15, -0.1) is 11.3 Å². The highest BCUT2D eigenvalue weighted by Gasteiger charge is 2.31. The fourth-order valence-electron chi connectivity index (χ4n) is 2.32. The number of hydrogen-bond donors (Lipinski definition) is 0. The monoisotopic (exact) mass is 304 g/mol. The Bertz CT molecular complexity index is 684. The van der Waals surface area contributed by atoms with E-state index in [0.29, 0.717) is 5.56 Å². The fraction of sp³-hybridized carbons (Fsp3) is 0.400. The summed E-state index contributed by atoms with van der Waals surface area (Å²) in [5, 5.41) is 2.73. The van der Waals surface area contributed by atoms with Gasteiger partial charge in [-0.3, -0.25) is 14.2 Å². The van der Waals surface area contributed by atoms with Crippen LogP contribution >= 0.6 is 11.3 Å². The molecule has 0 amide bonds. The summed E-state index contributed by atoms with van der Waals surface area (Å²) >= 11 is 1.52. The Hall–Kier alpha value is -1.95. The number of carbonyl (C=O) groups excluding carboxylic acids is 2. The summed E-state index contributed by atoms with van der Waals surface area (Å²) in [6.07, 6.45) is 3.49. The SMILES string of the molecule is Cc1cc(C(=O)COC(=O)C2CC2)c(C)n1-c1nccs1. The zero-order valence-corrected chi connectivity index (χ0v) is 12.8. The van der Waals surface area contributed by atoms with Gasteiger partial charge in [-0.05, 0) is 32.8 Å². The van der Waals surface area contributed by atoms with Crippen LogP contribution in [0, 0.1) is 19.8 Å². The van der Waals surface area contributed by atoms with Crippen LogP contribution in [0.1, 0.15) is 34.6 Å². The van der Waals surface area contributed by atoms with Crippen LogP contribution in [0.4, 0.5) is 0 Å². The van der Waals surface area contributed by atoms with Crippen molar-refractivity contribution in [1.29, 1.82) is 0 Å². The molecule has 0 aromatic carbocycles. The quantitative estimate of drug-likeness (QED) is 0.629. The molecule has 0 spiro atoms. The third kappa shape index (κ3) is 2.76. The Labute approximate surface area is 126 Å². The average Bonchev–Trinajstić information content (AvgIpc) is 3.10. The average molecular weight is 304 g/mol. The molecule has 1 aliphatic rings. The van der Waals surface area contributed by atoms with Crippen LogP contribution in [0.5, 0.6) is 0 Å². The Balaban J connectivity index is 1.77. The van der Waals surface area contributed by atoms with E-state index in [2.05, 4.69) is 4.98 Å². The number of ketones is 1. The van der Waals surface area contributed by atoms with E-state index in [0.717, 1.165) is 29.4 Å². The van der Waals surface area contributed by atoms with Crippen LogP contribution in [0.3, 0.4) is 0 Å². The molecular weight excluding hydrogens is 288 g/mol. The van der Waals surface area contributed by atoms with E-state index >= 15 is 0 Å². The molecule has 1 aliphatic carbocycles. The minimum Gasteiger partial charge on any atom is -0.457 e. The second-order valence-corrected chi connectivity index (χ2v) is 6.11. The third-order valence-electron chi connectivity index (χ3n) is 3.60. The lowest BCUT2D eigenvalue weighted by molar-refractivity contribution is -0.144. The summed E-state index contributed by atoms with van der Waals surface area (Å²) in [6, 6.07) is 1.82. The van der Waals surface area contributed by atoms with Crippen LogP contribution in [-0.2, 0) is 9.53 Å². The third-order valence-corrected chi connectivity index (χ3v) is 4.35. The molecule has 2 aromatic rings. The molecule has 0 atom stereocenters. The van der Waals surface area contributed by atoms with Gasteiger partial charge in [-0.25, -0.2) is 4.98 Å². The Kier molecular flexibility index (Phi) is 3.63. The molecule has 0 N–H and O–H groups in total. The van der Waals surface area contributed by atoms with E-state index in [1.54, 1.807) is 6.20 Å². The Morgan fingerprint density at radius 2 is 2.19 bits per heavy atom. The van der Waals surface area contributed by atoms with Gasteiger partial charge in [-0.1, -0.05) is 0 Å². The number of thiazole rings is 1. The molecule has 1 fully saturated rings. The molecule has 2 heterocycles. The molecule has 110 valence electrons. The van der Waals surface area contributed by atoms with Gasteiger partial charge in [0.2, 0.25) is 5.78 Å². The van der Waals surface area contributed by atoms with Crippen molar-refractivity contribution in [1.82, 2.24) is 9.55 Å². The molecule has 6 heteroatoms. The summed E-state index contributed by atoms with van der Waals surface area (Å²) in [6.45, 7) is 3.63. The normalized spacial score (nSPS) is 14.2. The molecule has 0 unspecified atom stereocenters. The molecule has 2 aromatic heterocycles. The van der Waals surface area contributed by atoms with Crippen molar-refractivity contribution < 1.29 is 14.3 Å². The number of rotatable bonds is 5. The maximum Gasteiger partial charge on any atom is 0.309 e. The van der Waals surface area contributed by atoms with E-state index in [4.69, 9.17) is 4.74 Å². The van der Waals surface area contributed by atoms with Gasteiger partial charge in [-0.2, -0.15) is 0 Å². The highest BCUT2D eigenvalue weighted by molar-refractivity contribution is 7.12.